The number of carbonyl (C=O) groups excluding carboxylic acids is 1. The van der Waals surface area contributed by atoms with Crippen LogP contribution >= 0.6 is 23.1 Å². The van der Waals surface area contributed by atoms with Gasteiger partial charge in [-0.15, -0.1) is 11.3 Å². The highest BCUT2D eigenvalue weighted by molar-refractivity contribution is 8.00. The quantitative estimate of drug-likeness (QED) is 0.455. The maximum Gasteiger partial charge on any atom is 0.233 e. The van der Waals surface area contributed by atoms with Crippen LogP contribution in [0.1, 0.15) is 39.7 Å². The van der Waals surface area contributed by atoms with Gasteiger partial charge in [-0.05, 0) is 31.7 Å². The Morgan fingerprint density at radius 1 is 1.39 bits per heavy atom. The Balaban J connectivity index is 1.37. The van der Waals surface area contributed by atoms with Crippen LogP contribution < -0.4 is 26.2 Å². The number of nitrogen functional groups attached to an aromatic ring is 1. The summed E-state index contributed by atoms with van der Waals surface area (Å²) in [6.45, 7) is 5.00. The molecule has 3 aromatic rings. The summed E-state index contributed by atoms with van der Waals surface area (Å²) in [4.78, 5) is 27.6. The number of hydrazine groups is 1. The number of methoxy groups -OCH3 is 1. The number of aryl methyl sites for hydroxylation is 1. The van der Waals surface area contributed by atoms with Crippen molar-refractivity contribution in [1.82, 2.24) is 25.7 Å². The normalized spacial score (nSPS) is 18.8. The lowest BCUT2D eigenvalue weighted by atomic mass is 10.0. The van der Waals surface area contributed by atoms with Crippen LogP contribution in [-0.2, 0) is 17.9 Å². The predicted octanol–water partition coefficient (Wildman–Crippen LogP) is 2.89. The Morgan fingerprint density at radius 3 is 3.00 bits per heavy atom. The fourth-order valence-electron chi connectivity index (χ4n) is 4.30. The molecule has 0 aromatic carbocycles. The molecule has 172 valence electrons. The minimum atomic E-state index is -0.267. The van der Waals surface area contributed by atoms with Gasteiger partial charge in [-0.25, -0.2) is 10.4 Å². The summed E-state index contributed by atoms with van der Waals surface area (Å²) < 4.78 is 5.56. The molecule has 0 bridgehead atoms. The van der Waals surface area contributed by atoms with Gasteiger partial charge < -0.3 is 15.8 Å². The Labute approximate surface area is 200 Å². The number of amides is 1. The number of carbonyl (C=O) groups is 1. The van der Waals surface area contributed by atoms with E-state index in [4.69, 9.17) is 10.5 Å². The SMILES string of the molecule is COc1c(C)cnc(CN2NC3CC(C(=O)NCc4cccs4)Sc4nc(N)nc2c43)c1C. The Morgan fingerprint density at radius 2 is 2.24 bits per heavy atom. The molecular formula is C22H25N7O2S2. The molecule has 5 heterocycles. The number of hydrogen-bond acceptors (Lipinski definition) is 10. The zero-order valence-corrected chi connectivity index (χ0v) is 20.2. The summed E-state index contributed by atoms with van der Waals surface area (Å²) >= 11 is 3.08. The Bertz CT molecular complexity index is 1200. The van der Waals surface area contributed by atoms with E-state index < -0.39 is 0 Å². The van der Waals surface area contributed by atoms with Crippen LogP contribution in [0.3, 0.4) is 0 Å². The zero-order chi connectivity index (χ0) is 23.1. The number of pyridine rings is 1. The van der Waals surface area contributed by atoms with Gasteiger partial charge in [0.1, 0.15) is 10.8 Å². The van der Waals surface area contributed by atoms with Crippen molar-refractivity contribution in [3.63, 3.8) is 0 Å². The minimum absolute atomic E-state index is 0.00110. The van der Waals surface area contributed by atoms with Gasteiger partial charge in [-0.2, -0.15) is 4.98 Å². The Kier molecular flexibility index (Phi) is 5.85. The molecule has 33 heavy (non-hydrogen) atoms. The maximum atomic E-state index is 12.9. The monoisotopic (exact) mass is 483 g/mol. The second-order valence-electron chi connectivity index (χ2n) is 8.08. The summed E-state index contributed by atoms with van der Waals surface area (Å²) in [6.07, 6.45) is 2.45. The first kappa shape index (κ1) is 21.9. The van der Waals surface area contributed by atoms with Crippen molar-refractivity contribution in [3.05, 3.63) is 51.0 Å². The number of thioether (sulfide) groups is 1. The van der Waals surface area contributed by atoms with Crippen molar-refractivity contribution in [1.29, 1.82) is 0 Å². The van der Waals surface area contributed by atoms with Gasteiger partial charge in [0.05, 0.1) is 37.2 Å². The lowest BCUT2D eigenvalue weighted by molar-refractivity contribution is -0.121. The topological polar surface area (TPSA) is 118 Å². The molecule has 2 aliphatic rings. The lowest BCUT2D eigenvalue weighted by Crippen LogP contribution is -2.39. The fourth-order valence-corrected chi connectivity index (χ4v) is 6.20. The van der Waals surface area contributed by atoms with E-state index in [0.717, 1.165) is 43.9 Å². The average molecular weight is 484 g/mol. The third-order valence-corrected chi connectivity index (χ3v) is 8.00. The number of nitrogens with one attached hydrogen (secondary N) is 2. The van der Waals surface area contributed by atoms with Gasteiger partial charge in [0.25, 0.3) is 0 Å². The number of ether oxygens (including phenoxy) is 1. The van der Waals surface area contributed by atoms with E-state index in [0.29, 0.717) is 19.5 Å². The molecule has 0 spiro atoms. The van der Waals surface area contributed by atoms with Crippen molar-refractivity contribution in [2.24, 2.45) is 0 Å². The van der Waals surface area contributed by atoms with Gasteiger partial charge in [-0.3, -0.25) is 14.8 Å². The number of anilines is 2. The number of aromatic nitrogens is 3. The van der Waals surface area contributed by atoms with Crippen LogP contribution in [-0.4, -0.2) is 33.2 Å². The molecule has 0 aliphatic carbocycles. The van der Waals surface area contributed by atoms with Crippen LogP contribution in [0.2, 0.25) is 0 Å². The highest BCUT2D eigenvalue weighted by Crippen LogP contribution is 2.47. The first-order valence-corrected chi connectivity index (χ1v) is 12.4. The van der Waals surface area contributed by atoms with Crippen LogP contribution in [0.25, 0.3) is 0 Å². The largest absolute Gasteiger partial charge is 0.496 e. The van der Waals surface area contributed by atoms with Crippen molar-refractivity contribution in [3.8, 4) is 5.75 Å². The number of rotatable bonds is 6. The molecule has 0 saturated heterocycles. The molecule has 0 saturated carbocycles. The smallest absolute Gasteiger partial charge is 0.233 e. The van der Waals surface area contributed by atoms with E-state index in [1.54, 1.807) is 18.4 Å². The molecule has 9 nitrogen and oxygen atoms in total. The first-order valence-electron chi connectivity index (χ1n) is 10.6. The number of thiophene rings is 1. The maximum absolute atomic E-state index is 12.9. The molecule has 1 amide bonds. The van der Waals surface area contributed by atoms with Crippen LogP contribution in [0.5, 0.6) is 5.75 Å². The van der Waals surface area contributed by atoms with Crippen LogP contribution in [0.15, 0.2) is 28.7 Å². The summed E-state index contributed by atoms with van der Waals surface area (Å²) in [5.41, 5.74) is 13.4. The van der Waals surface area contributed by atoms with Crippen molar-refractivity contribution >= 4 is 40.8 Å². The minimum Gasteiger partial charge on any atom is -0.496 e. The average Bonchev–Trinajstić information content (AvgIpc) is 3.43. The molecule has 2 atom stereocenters. The number of nitrogens with zero attached hydrogens (tertiary/aromatic N) is 4. The summed E-state index contributed by atoms with van der Waals surface area (Å²) in [6, 6.07) is 3.93. The molecule has 2 unspecified atom stereocenters. The van der Waals surface area contributed by atoms with E-state index >= 15 is 0 Å². The van der Waals surface area contributed by atoms with Gasteiger partial charge in [-0.1, -0.05) is 17.8 Å². The van der Waals surface area contributed by atoms with E-state index in [-0.39, 0.29) is 23.1 Å². The lowest BCUT2D eigenvalue weighted by Gasteiger charge is -2.26. The molecule has 0 fully saturated rings. The fraction of sp³-hybridized carbons (Fsp3) is 0.364. The van der Waals surface area contributed by atoms with E-state index in [2.05, 4.69) is 25.7 Å². The van der Waals surface area contributed by atoms with Gasteiger partial charge >= 0.3 is 0 Å². The highest BCUT2D eigenvalue weighted by atomic mass is 32.2. The van der Waals surface area contributed by atoms with E-state index in [1.807, 2.05) is 42.6 Å². The van der Waals surface area contributed by atoms with Crippen molar-refractivity contribution < 1.29 is 9.53 Å². The van der Waals surface area contributed by atoms with E-state index in [9.17, 15) is 4.79 Å². The van der Waals surface area contributed by atoms with Gasteiger partial charge in [0, 0.05) is 27.8 Å². The third-order valence-electron chi connectivity index (χ3n) is 5.89. The summed E-state index contributed by atoms with van der Waals surface area (Å²) in [7, 11) is 1.67. The molecule has 4 N–H and O–H groups in total. The molecule has 3 aromatic heterocycles. The van der Waals surface area contributed by atoms with Gasteiger partial charge in [0.15, 0.2) is 5.82 Å². The molecule has 11 heteroatoms. The molecule has 0 radical (unpaired) electrons. The second kappa shape index (κ2) is 8.81. The van der Waals surface area contributed by atoms with Gasteiger partial charge in [0.2, 0.25) is 11.9 Å². The first-order chi connectivity index (χ1) is 15.9. The van der Waals surface area contributed by atoms with E-state index in [1.165, 1.54) is 11.8 Å². The second-order valence-corrected chi connectivity index (χ2v) is 10.3. The van der Waals surface area contributed by atoms with Crippen molar-refractivity contribution in [2.45, 2.75) is 49.7 Å². The van der Waals surface area contributed by atoms with Crippen LogP contribution in [0, 0.1) is 13.8 Å². The number of nitrogens with two attached hydrogens (primary N) is 1. The molecular weight excluding hydrogens is 458 g/mol. The predicted molar refractivity (Wildman–Crippen MR) is 129 cm³/mol. The zero-order valence-electron chi connectivity index (χ0n) is 18.6. The van der Waals surface area contributed by atoms with Crippen LogP contribution in [0.4, 0.5) is 11.8 Å². The summed E-state index contributed by atoms with van der Waals surface area (Å²) in [5.74, 6) is 1.77. The Hall–Kier alpha value is -2.89. The number of hydrogen-bond donors (Lipinski definition) is 3. The highest BCUT2D eigenvalue weighted by Gasteiger charge is 2.41. The molecule has 2 aliphatic heterocycles. The van der Waals surface area contributed by atoms with Crippen molar-refractivity contribution in [2.75, 3.05) is 17.9 Å². The summed E-state index contributed by atoms with van der Waals surface area (Å²) in [5, 5.41) is 7.50. The molecule has 5 rings (SSSR count). The third kappa shape index (κ3) is 4.11. The standard InChI is InChI=1S/C22H25N7O2S2/c1-11-8-24-15(12(2)18(11)31-3)10-29-19-17-14(28-29)7-16(33-21(17)27-22(23)26-19)20(30)25-9-13-5-4-6-32-13/h4-6,8,14,16,28H,7,9-10H2,1-3H3,(H,25,30)(H2,23,26,27).